The van der Waals surface area contributed by atoms with Crippen molar-refractivity contribution in [3.8, 4) is 0 Å². The Labute approximate surface area is 107 Å². The molecule has 0 radical (unpaired) electrons. The molecular weight excluding hydrogens is 232 g/mol. The number of hydrogen-bond donors (Lipinski definition) is 2. The van der Waals surface area contributed by atoms with Crippen LogP contribution in [0.5, 0.6) is 0 Å². The lowest BCUT2D eigenvalue weighted by atomic mass is 10.0. The Bertz CT molecular complexity index is 401. The third-order valence-electron chi connectivity index (χ3n) is 3.37. The summed E-state index contributed by atoms with van der Waals surface area (Å²) < 4.78 is 0. The van der Waals surface area contributed by atoms with Crippen LogP contribution in [0.2, 0.25) is 0 Å². The van der Waals surface area contributed by atoms with Crippen LogP contribution in [0.15, 0.2) is 12.3 Å². The Kier molecular flexibility index (Phi) is 3.89. The van der Waals surface area contributed by atoms with E-state index >= 15 is 0 Å². The first-order valence-corrected chi connectivity index (χ1v) is 6.47. The van der Waals surface area contributed by atoms with Crippen molar-refractivity contribution >= 4 is 23.2 Å². The minimum Gasteiger partial charge on any atom is -0.388 e. The predicted octanol–water partition coefficient (Wildman–Crippen LogP) is 2.10. The molecule has 1 aliphatic carbocycles. The van der Waals surface area contributed by atoms with E-state index < -0.39 is 0 Å². The van der Waals surface area contributed by atoms with Gasteiger partial charge in [-0.2, -0.15) is 0 Å². The molecule has 1 fully saturated rings. The monoisotopic (exact) mass is 250 g/mol. The van der Waals surface area contributed by atoms with Gasteiger partial charge in [0.15, 0.2) is 0 Å². The number of aromatic nitrogens is 2. The molecule has 1 aromatic rings. The number of nitrogens with zero attached hydrogens (tertiary/aromatic N) is 2. The van der Waals surface area contributed by atoms with E-state index in [-0.39, 0.29) is 0 Å². The van der Waals surface area contributed by atoms with Crippen molar-refractivity contribution in [3.63, 3.8) is 0 Å². The lowest BCUT2D eigenvalue weighted by Gasteiger charge is -2.20. The Morgan fingerprint density at radius 2 is 2.24 bits per heavy atom. The minimum absolute atomic E-state index is 0.309. The molecule has 1 aromatic heterocycles. The molecule has 17 heavy (non-hydrogen) atoms. The van der Waals surface area contributed by atoms with E-state index in [4.69, 9.17) is 18.0 Å². The molecule has 1 heterocycles. The molecule has 1 unspecified atom stereocenters. The first kappa shape index (κ1) is 12.2. The molecule has 0 aromatic carbocycles. The van der Waals surface area contributed by atoms with Gasteiger partial charge in [-0.25, -0.2) is 9.97 Å². The van der Waals surface area contributed by atoms with Gasteiger partial charge in [-0.05, 0) is 31.7 Å². The minimum atomic E-state index is 0.309. The average molecular weight is 250 g/mol. The highest BCUT2D eigenvalue weighted by Crippen LogP contribution is 2.28. The quantitative estimate of drug-likeness (QED) is 0.801. The molecule has 1 atom stereocenters. The summed E-state index contributed by atoms with van der Waals surface area (Å²) >= 11 is 4.90. The summed E-state index contributed by atoms with van der Waals surface area (Å²) in [5, 5.41) is 3.34. The van der Waals surface area contributed by atoms with E-state index in [2.05, 4.69) is 22.2 Å². The van der Waals surface area contributed by atoms with E-state index in [9.17, 15) is 0 Å². The number of nitrogens with two attached hydrogens (primary N) is 1. The molecule has 1 aliphatic rings. The van der Waals surface area contributed by atoms with Gasteiger partial charge >= 0.3 is 0 Å². The van der Waals surface area contributed by atoms with Crippen LogP contribution in [-0.4, -0.2) is 21.0 Å². The van der Waals surface area contributed by atoms with Crippen LogP contribution < -0.4 is 11.1 Å². The molecule has 0 amide bonds. The highest BCUT2D eigenvalue weighted by atomic mass is 32.1. The zero-order valence-electron chi connectivity index (χ0n) is 10.0. The van der Waals surface area contributed by atoms with Crippen molar-refractivity contribution in [1.82, 2.24) is 9.97 Å². The van der Waals surface area contributed by atoms with Gasteiger partial charge in [0.1, 0.15) is 10.7 Å². The molecule has 4 nitrogen and oxygen atoms in total. The molecule has 3 N–H and O–H groups in total. The second-order valence-electron chi connectivity index (χ2n) is 4.61. The van der Waals surface area contributed by atoms with E-state index in [0.29, 0.717) is 22.7 Å². The smallest absolute Gasteiger partial charge is 0.223 e. The predicted molar refractivity (Wildman–Crippen MR) is 73.0 cm³/mol. The molecule has 92 valence electrons. The van der Waals surface area contributed by atoms with Gasteiger partial charge in [0.25, 0.3) is 0 Å². The second-order valence-corrected chi connectivity index (χ2v) is 5.05. The maximum Gasteiger partial charge on any atom is 0.223 e. The first-order valence-electron chi connectivity index (χ1n) is 6.06. The number of nitrogens with one attached hydrogen (secondary N) is 1. The van der Waals surface area contributed by atoms with Crippen LogP contribution in [-0.2, 0) is 0 Å². The molecule has 0 saturated heterocycles. The van der Waals surface area contributed by atoms with Gasteiger partial charge in [0, 0.05) is 12.2 Å². The van der Waals surface area contributed by atoms with Crippen molar-refractivity contribution < 1.29 is 0 Å². The zero-order valence-corrected chi connectivity index (χ0v) is 10.8. The largest absolute Gasteiger partial charge is 0.388 e. The summed E-state index contributed by atoms with van der Waals surface area (Å²) in [4.78, 5) is 8.80. The molecular formula is C12H18N4S. The van der Waals surface area contributed by atoms with Crippen LogP contribution in [0.4, 0.5) is 5.95 Å². The number of thiocarbonyl (C=S) groups is 1. The van der Waals surface area contributed by atoms with Crippen molar-refractivity contribution in [3.05, 3.63) is 18.0 Å². The van der Waals surface area contributed by atoms with Gasteiger partial charge in [-0.3, -0.25) is 0 Å². The maximum absolute atomic E-state index is 5.55. The van der Waals surface area contributed by atoms with Crippen molar-refractivity contribution in [2.45, 2.75) is 38.6 Å². The van der Waals surface area contributed by atoms with Crippen molar-refractivity contribution in [2.24, 2.45) is 11.7 Å². The maximum atomic E-state index is 5.55. The number of rotatable bonds is 4. The summed E-state index contributed by atoms with van der Waals surface area (Å²) in [5.74, 6) is 1.35. The lowest BCUT2D eigenvalue weighted by molar-refractivity contribution is 0.480. The molecule has 5 heteroatoms. The number of hydrogen-bond acceptors (Lipinski definition) is 4. The SMILES string of the molecule is CC(Nc1nccc(C(N)=S)n1)C1CCCC1. The fourth-order valence-electron chi connectivity index (χ4n) is 2.34. The summed E-state index contributed by atoms with van der Waals surface area (Å²) in [6.07, 6.45) is 6.95. The standard InChI is InChI=1S/C12H18N4S/c1-8(9-4-2-3-5-9)15-12-14-7-6-10(16-12)11(13)17/h6-9H,2-5H2,1H3,(H2,13,17)(H,14,15,16). The van der Waals surface area contributed by atoms with Gasteiger partial charge < -0.3 is 11.1 Å². The first-order chi connectivity index (χ1) is 8.16. The fraction of sp³-hybridized carbons (Fsp3) is 0.583. The van der Waals surface area contributed by atoms with Crippen LogP contribution in [0.1, 0.15) is 38.3 Å². The van der Waals surface area contributed by atoms with Crippen LogP contribution in [0.25, 0.3) is 0 Å². The fourth-order valence-corrected chi connectivity index (χ4v) is 2.46. The summed E-state index contributed by atoms with van der Waals surface area (Å²) in [6.45, 7) is 2.19. The molecule has 0 bridgehead atoms. The molecule has 1 saturated carbocycles. The molecule has 2 rings (SSSR count). The average Bonchev–Trinajstić information content (AvgIpc) is 2.82. The Morgan fingerprint density at radius 3 is 2.88 bits per heavy atom. The second kappa shape index (κ2) is 5.40. The summed E-state index contributed by atoms with van der Waals surface area (Å²) in [6, 6.07) is 2.13. The van der Waals surface area contributed by atoms with E-state index in [1.165, 1.54) is 25.7 Å². The Morgan fingerprint density at radius 1 is 1.53 bits per heavy atom. The van der Waals surface area contributed by atoms with Gasteiger partial charge in [0.05, 0.1) is 0 Å². The van der Waals surface area contributed by atoms with Crippen LogP contribution in [0, 0.1) is 5.92 Å². The van der Waals surface area contributed by atoms with E-state index in [0.717, 1.165) is 5.92 Å². The number of anilines is 1. The van der Waals surface area contributed by atoms with Crippen LogP contribution >= 0.6 is 12.2 Å². The van der Waals surface area contributed by atoms with Gasteiger partial charge in [-0.15, -0.1) is 0 Å². The highest BCUT2D eigenvalue weighted by Gasteiger charge is 2.21. The van der Waals surface area contributed by atoms with Crippen molar-refractivity contribution in [2.75, 3.05) is 5.32 Å². The highest BCUT2D eigenvalue weighted by molar-refractivity contribution is 7.80. The van der Waals surface area contributed by atoms with Gasteiger partial charge in [0.2, 0.25) is 5.95 Å². The van der Waals surface area contributed by atoms with Gasteiger partial charge in [-0.1, -0.05) is 25.1 Å². The third kappa shape index (κ3) is 3.12. The van der Waals surface area contributed by atoms with Crippen molar-refractivity contribution in [1.29, 1.82) is 0 Å². The Hall–Kier alpha value is -1.23. The summed E-state index contributed by atoms with van der Waals surface area (Å²) in [5.41, 5.74) is 6.17. The van der Waals surface area contributed by atoms with E-state index in [1.54, 1.807) is 12.3 Å². The zero-order chi connectivity index (χ0) is 12.3. The normalized spacial score (nSPS) is 17.9. The molecule has 0 aliphatic heterocycles. The van der Waals surface area contributed by atoms with E-state index in [1.807, 2.05) is 0 Å². The third-order valence-corrected chi connectivity index (χ3v) is 3.58. The topological polar surface area (TPSA) is 63.8 Å². The molecule has 0 spiro atoms. The Balaban J connectivity index is 2.02. The lowest BCUT2D eigenvalue weighted by Crippen LogP contribution is -2.25. The summed E-state index contributed by atoms with van der Waals surface area (Å²) in [7, 11) is 0. The van der Waals surface area contributed by atoms with Crippen LogP contribution in [0.3, 0.4) is 0 Å².